The minimum absolute atomic E-state index is 0.0896. The van der Waals surface area contributed by atoms with Crippen molar-refractivity contribution in [2.45, 2.75) is 33.2 Å². The van der Waals surface area contributed by atoms with E-state index in [1.165, 1.54) is 11.3 Å². The molecule has 1 unspecified atom stereocenters. The quantitative estimate of drug-likeness (QED) is 0.836. The Morgan fingerprint density at radius 2 is 1.92 bits per heavy atom. The standard InChI is InChI=1S/C17H18F2N4OS/c1-9(2)17(4,8-20)23-15(24)14-10(3)25-16(22-14)21-13-6-11(18)5-12(19)7-13/h5-7,9H,1-4H3,(H,21,22)(H,23,24). The van der Waals surface area contributed by atoms with Crippen LogP contribution in [0.2, 0.25) is 0 Å². The second-order valence-electron chi connectivity index (χ2n) is 6.13. The van der Waals surface area contributed by atoms with Crippen LogP contribution in [-0.2, 0) is 0 Å². The molecule has 2 N–H and O–H groups in total. The molecule has 5 nitrogen and oxygen atoms in total. The van der Waals surface area contributed by atoms with Gasteiger partial charge in [0, 0.05) is 16.6 Å². The second-order valence-corrected chi connectivity index (χ2v) is 7.33. The van der Waals surface area contributed by atoms with Crippen LogP contribution >= 0.6 is 11.3 Å². The van der Waals surface area contributed by atoms with Crippen LogP contribution in [0.4, 0.5) is 19.6 Å². The molecule has 0 saturated heterocycles. The molecule has 0 aliphatic heterocycles. The highest BCUT2D eigenvalue weighted by Crippen LogP contribution is 2.27. The first-order chi connectivity index (χ1) is 11.6. The third kappa shape index (κ3) is 4.31. The zero-order valence-electron chi connectivity index (χ0n) is 14.3. The summed E-state index contributed by atoms with van der Waals surface area (Å²) in [6.07, 6.45) is 0. The molecule has 1 amide bonds. The minimum Gasteiger partial charge on any atom is -0.332 e. The van der Waals surface area contributed by atoms with Crippen molar-refractivity contribution in [3.05, 3.63) is 40.4 Å². The lowest BCUT2D eigenvalue weighted by Crippen LogP contribution is -2.49. The highest BCUT2D eigenvalue weighted by molar-refractivity contribution is 7.15. The normalized spacial score (nSPS) is 13.2. The molecule has 25 heavy (non-hydrogen) atoms. The number of carbonyl (C=O) groups is 1. The van der Waals surface area contributed by atoms with Gasteiger partial charge in [0.05, 0.1) is 6.07 Å². The van der Waals surface area contributed by atoms with Crippen molar-refractivity contribution in [3.8, 4) is 6.07 Å². The summed E-state index contributed by atoms with van der Waals surface area (Å²) in [6, 6.07) is 5.13. The average molecular weight is 364 g/mol. The Kier molecular flexibility index (Phi) is 5.38. The summed E-state index contributed by atoms with van der Waals surface area (Å²) in [5, 5.41) is 15.1. The van der Waals surface area contributed by atoms with Gasteiger partial charge < -0.3 is 10.6 Å². The maximum atomic E-state index is 13.3. The monoisotopic (exact) mass is 364 g/mol. The van der Waals surface area contributed by atoms with Crippen LogP contribution in [0.15, 0.2) is 18.2 Å². The number of anilines is 2. The van der Waals surface area contributed by atoms with Gasteiger partial charge in [-0.05, 0) is 31.9 Å². The zero-order valence-corrected chi connectivity index (χ0v) is 15.1. The van der Waals surface area contributed by atoms with E-state index in [1.807, 2.05) is 13.8 Å². The number of aryl methyl sites for hydroxylation is 1. The molecule has 0 bridgehead atoms. The number of hydrogen-bond donors (Lipinski definition) is 2. The fourth-order valence-electron chi connectivity index (χ4n) is 2.01. The number of nitrogens with zero attached hydrogens (tertiary/aromatic N) is 2. The maximum absolute atomic E-state index is 13.3. The van der Waals surface area contributed by atoms with Gasteiger partial charge in [0.15, 0.2) is 5.13 Å². The molecule has 0 aliphatic rings. The summed E-state index contributed by atoms with van der Waals surface area (Å²) in [5.41, 5.74) is -0.652. The lowest BCUT2D eigenvalue weighted by Gasteiger charge is -2.26. The van der Waals surface area contributed by atoms with E-state index in [-0.39, 0.29) is 17.3 Å². The number of nitrogens with one attached hydrogen (secondary N) is 2. The third-order valence-electron chi connectivity index (χ3n) is 3.89. The molecule has 0 saturated carbocycles. The summed E-state index contributed by atoms with van der Waals surface area (Å²) in [4.78, 5) is 17.3. The Morgan fingerprint density at radius 1 is 1.32 bits per heavy atom. The van der Waals surface area contributed by atoms with Crippen LogP contribution in [0.3, 0.4) is 0 Å². The van der Waals surface area contributed by atoms with E-state index < -0.39 is 23.1 Å². The van der Waals surface area contributed by atoms with Crippen LogP contribution in [0.5, 0.6) is 0 Å². The number of aromatic nitrogens is 1. The second kappa shape index (κ2) is 7.15. The topological polar surface area (TPSA) is 77.8 Å². The summed E-state index contributed by atoms with van der Waals surface area (Å²) < 4.78 is 26.5. The van der Waals surface area contributed by atoms with Crippen molar-refractivity contribution in [1.29, 1.82) is 5.26 Å². The number of carbonyl (C=O) groups excluding carboxylic acids is 1. The van der Waals surface area contributed by atoms with E-state index >= 15 is 0 Å². The van der Waals surface area contributed by atoms with Gasteiger partial charge in [0.2, 0.25) is 0 Å². The first-order valence-corrected chi connectivity index (χ1v) is 8.40. The van der Waals surface area contributed by atoms with Gasteiger partial charge in [0.25, 0.3) is 5.91 Å². The number of halogens is 2. The van der Waals surface area contributed by atoms with Crippen molar-refractivity contribution in [2.24, 2.45) is 5.92 Å². The molecule has 2 rings (SSSR count). The van der Waals surface area contributed by atoms with E-state index in [4.69, 9.17) is 0 Å². The fourth-order valence-corrected chi connectivity index (χ4v) is 2.84. The molecular formula is C17H18F2N4OS. The Labute approximate surface area is 148 Å². The van der Waals surface area contributed by atoms with Crippen LogP contribution in [0, 0.1) is 35.8 Å². The molecule has 1 heterocycles. The lowest BCUT2D eigenvalue weighted by atomic mass is 9.90. The van der Waals surface area contributed by atoms with Gasteiger partial charge in [-0.1, -0.05) is 13.8 Å². The Balaban J connectivity index is 2.22. The van der Waals surface area contributed by atoms with E-state index in [0.717, 1.165) is 18.2 Å². The Hall–Kier alpha value is -2.53. The smallest absolute Gasteiger partial charge is 0.272 e. The largest absolute Gasteiger partial charge is 0.332 e. The molecule has 132 valence electrons. The molecule has 0 aliphatic carbocycles. The van der Waals surface area contributed by atoms with Crippen molar-refractivity contribution in [1.82, 2.24) is 10.3 Å². The Bertz CT molecular complexity index is 823. The molecule has 0 fully saturated rings. The third-order valence-corrected chi connectivity index (χ3v) is 4.77. The van der Waals surface area contributed by atoms with Gasteiger partial charge in [-0.25, -0.2) is 13.8 Å². The van der Waals surface area contributed by atoms with Gasteiger partial charge in [-0.3, -0.25) is 4.79 Å². The van der Waals surface area contributed by atoms with E-state index in [1.54, 1.807) is 13.8 Å². The molecule has 1 aromatic carbocycles. The van der Waals surface area contributed by atoms with Crippen molar-refractivity contribution in [2.75, 3.05) is 5.32 Å². The number of nitriles is 1. The average Bonchev–Trinajstić information content (AvgIpc) is 2.86. The van der Waals surface area contributed by atoms with Gasteiger partial charge in [-0.15, -0.1) is 11.3 Å². The van der Waals surface area contributed by atoms with E-state index in [2.05, 4.69) is 21.7 Å². The predicted molar refractivity (Wildman–Crippen MR) is 92.8 cm³/mol. The summed E-state index contributed by atoms with van der Waals surface area (Å²) >= 11 is 1.18. The van der Waals surface area contributed by atoms with Crippen molar-refractivity contribution in [3.63, 3.8) is 0 Å². The van der Waals surface area contributed by atoms with Crippen LogP contribution in [-0.4, -0.2) is 16.4 Å². The van der Waals surface area contributed by atoms with Crippen LogP contribution in [0.25, 0.3) is 0 Å². The molecule has 1 aromatic heterocycles. The Morgan fingerprint density at radius 3 is 2.44 bits per heavy atom. The molecule has 1 atom stereocenters. The summed E-state index contributed by atoms with van der Waals surface area (Å²) in [7, 11) is 0. The summed E-state index contributed by atoms with van der Waals surface area (Å²) in [6.45, 7) is 7.03. The van der Waals surface area contributed by atoms with E-state index in [9.17, 15) is 18.8 Å². The first-order valence-electron chi connectivity index (χ1n) is 7.59. The highest BCUT2D eigenvalue weighted by Gasteiger charge is 2.31. The highest BCUT2D eigenvalue weighted by atomic mass is 32.1. The van der Waals surface area contributed by atoms with E-state index in [0.29, 0.717) is 10.0 Å². The van der Waals surface area contributed by atoms with Crippen LogP contribution in [0.1, 0.15) is 36.1 Å². The predicted octanol–water partition coefficient (Wildman–Crippen LogP) is 4.14. The molecule has 2 aromatic rings. The van der Waals surface area contributed by atoms with Crippen molar-refractivity contribution < 1.29 is 13.6 Å². The number of benzene rings is 1. The fraction of sp³-hybridized carbons (Fsp3) is 0.353. The number of rotatable bonds is 5. The number of hydrogen-bond acceptors (Lipinski definition) is 5. The SMILES string of the molecule is Cc1sc(Nc2cc(F)cc(F)c2)nc1C(=O)NC(C)(C#N)C(C)C. The van der Waals surface area contributed by atoms with Crippen LogP contribution < -0.4 is 10.6 Å². The zero-order chi connectivity index (χ0) is 18.8. The summed E-state index contributed by atoms with van der Waals surface area (Å²) in [5.74, 6) is -1.98. The minimum atomic E-state index is -1.02. The molecule has 0 spiro atoms. The molecule has 0 radical (unpaired) electrons. The van der Waals surface area contributed by atoms with Gasteiger partial charge >= 0.3 is 0 Å². The van der Waals surface area contributed by atoms with Crippen molar-refractivity contribution >= 4 is 28.1 Å². The number of thiazole rings is 1. The first kappa shape index (κ1) is 18.8. The van der Waals surface area contributed by atoms with Gasteiger partial charge in [-0.2, -0.15) is 5.26 Å². The molecular weight excluding hydrogens is 346 g/mol. The lowest BCUT2D eigenvalue weighted by molar-refractivity contribution is 0.0903. The van der Waals surface area contributed by atoms with Gasteiger partial charge in [0.1, 0.15) is 22.9 Å². The maximum Gasteiger partial charge on any atom is 0.272 e. The number of amides is 1. The molecule has 8 heteroatoms.